The molecule has 3 aromatic carbocycles. The normalized spacial score (nSPS) is 12.6. The van der Waals surface area contributed by atoms with E-state index in [1.807, 2.05) is 79.9 Å². The van der Waals surface area contributed by atoms with Crippen molar-refractivity contribution < 1.29 is 4.79 Å². The van der Waals surface area contributed by atoms with Gasteiger partial charge in [-0.1, -0.05) is 0 Å². The zero-order valence-electron chi connectivity index (χ0n) is 21.1. The molecule has 1 amide bonds. The van der Waals surface area contributed by atoms with Crippen LogP contribution in [0.15, 0.2) is 97.3 Å². The number of pyridine rings is 2. The molecule has 0 unspecified atom stereocenters. The van der Waals surface area contributed by atoms with Gasteiger partial charge < -0.3 is 20.9 Å². The Balaban J connectivity index is 1.11. The van der Waals surface area contributed by atoms with Crippen LogP contribution in [0.25, 0.3) is 10.9 Å². The standard InChI is InChI=1S/C31H28N6O/c1-21-19-26(13-15-32-21)34-23-7-9-25(10-8-23)36-31(38)22-3-5-24(6-4-22)35-30-14-16-33-29-12-11-27(20-28(29)30)37-17-2-18-37/h3-16,19-20H,2,17-18H2,1H3,(H,32,34)(H,33,35)(H,36,38). The second-order valence-electron chi connectivity index (χ2n) is 9.45. The fourth-order valence-electron chi connectivity index (χ4n) is 4.50. The van der Waals surface area contributed by atoms with Gasteiger partial charge in [-0.25, -0.2) is 0 Å². The molecule has 7 nitrogen and oxygen atoms in total. The number of fused-ring (bicyclic) bond motifs is 1. The van der Waals surface area contributed by atoms with Crippen LogP contribution in [-0.4, -0.2) is 29.0 Å². The van der Waals surface area contributed by atoms with E-state index in [2.05, 4.69) is 49.0 Å². The topological polar surface area (TPSA) is 82.2 Å². The van der Waals surface area contributed by atoms with Crippen molar-refractivity contribution in [3.8, 4) is 0 Å². The first-order valence-electron chi connectivity index (χ1n) is 12.7. The summed E-state index contributed by atoms with van der Waals surface area (Å²) < 4.78 is 0. The van der Waals surface area contributed by atoms with Gasteiger partial charge in [-0.3, -0.25) is 14.8 Å². The maximum Gasteiger partial charge on any atom is 0.255 e. The third-order valence-corrected chi connectivity index (χ3v) is 6.70. The van der Waals surface area contributed by atoms with Crippen molar-refractivity contribution in [2.75, 3.05) is 33.9 Å². The minimum absolute atomic E-state index is 0.157. The number of carbonyl (C=O) groups excluding carboxylic acids is 1. The van der Waals surface area contributed by atoms with E-state index in [1.54, 1.807) is 6.20 Å². The van der Waals surface area contributed by atoms with Gasteiger partial charge in [0, 0.05) is 76.3 Å². The van der Waals surface area contributed by atoms with Crippen LogP contribution < -0.4 is 20.9 Å². The molecular weight excluding hydrogens is 472 g/mol. The Hall–Kier alpha value is -4.91. The number of aromatic nitrogens is 2. The average molecular weight is 501 g/mol. The Labute approximate surface area is 221 Å². The number of benzene rings is 3. The fourth-order valence-corrected chi connectivity index (χ4v) is 4.50. The van der Waals surface area contributed by atoms with E-state index >= 15 is 0 Å². The number of nitrogens with zero attached hydrogens (tertiary/aromatic N) is 3. The summed E-state index contributed by atoms with van der Waals surface area (Å²) in [5.41, 5.74) is 8.25. The lowest BCUT2D eigenvalue weighted by Crippen LogP contribution is -2.36. The largest absolute Gasteiger partial charge is 0.371 e. The monoisotopic (exact) mass is 500 g/mol. The maximum absolute atomic E-state index is 12.8. The maximum atomic E-state index is 12.8. The highest BCUT2D eigenvalue weighted by Gasteiger charge is 2.15. The number of aryl methyl sites for hydroxylation is 1. The van der Waals surface area contributed by atoms with Crippen molar-refractivity contribution in [2.45, 2.75) is 13.3 Å². The Kier molecular flexibility index (Phi) is 6.32. The van der Waals surface area contributed by atoms with Gasteiger partial charge in [0.05, 0.1) is 5.52 Å². The summed E-state index contributed by atoms with van der Waals surface area (Å²) in [6.45, 7) is 4.16. The zero-order chi connectivity index (χ0) is 25.9. The molecule has 2 aromatic heterocycles. The lowest BCUT2D eigenvalue weighted by atomic mass is 10.1. The number of carbonyl (C=O) groups is 1. The van der Waals surface area contributed by atoms with Gasteiger partial charge in [0.2, 0.25) is 0 Å². The molecule has 7 heteroatoms. The average Bonchev–Trinajstić information content (AvgIpc) is 2.90. The van der Waals surface area contributed by atoms with Gasteiger partial charge in [-0.05, 0) is 98.3 Å². The van der Waals surface area contributed by atoms with Crippen molar-refractivity contribution in [1.82, 2.24) is 9.97 Å². The fraction of sp³-hybridized carbons (Fsp3) is 0.129. The van der Waals surface area contributed by atoms with Crippen molar-refractivity contribution in [3.05, 3.63) is 109 Å². The summed E-state index contributed by atoms with van der Waals surface area (Å²) in [5.74, 6) is -0.157. The zero-order valence-corrected chi connectivity index (χ0v) is 21.1. The van der Waals surface area contributed by atoms with E-state index < -0.39 is 0 Å². The lowest BCUT2D eigenvalue weighted by molar-refractivity contribution is 0.102. The highest BCUT2D eigenvalue weighted by Crippen LogP contribution is 2.30. The summed E-state index contributed by atoms with van der Waals surface area (Å²) in [6, 6.07) is 27.4. The van der Waals surface area contributed by atoms with Crippen molar-refractivity contribution in [2.24, 2.45) is 0 Å². The molecule has 1 aliphatic heterocycles. The number of hydrogen-bond acceptors (Lipinski definition) is 6. The van der Waals surface area contributed by atoms with Crippen LogP contribution in [0.1, 0.15) is 22.5 Å². The molecule has 5 aromatic rings. The van der Waals surface area contributed by atoms with E-state index in [0.29, 0.717) is 5.56 Å². The van der Waals surface area contributed by atoms with Crippen LogP contribution in [0.4, 0.5) is 34.1 Å². The minimum atomic E-state index is -0.157. The first kappa shape index (κ1) is 23.5. The molecule has 1 aliphatic rings. The predicted molar refractivity (Wildman–Crippen MR) is 155 cm³/mol. The second-order valence-corrected chi connectivity index (χ2v) is 9.45. The van der Waals surface area contributed by atoms with Crippen LogP contribution in [0, 0.1) is 6.92 Å². The quantitative estimate of drug-likeness (QED) is 0.226. The summed E-state index contributed by atoms with van der Waals surface area (Å²) in [4.78, 5) is 23.9. The molecule has 0 spiro atoms. The van der Waals surface area contributed by atoms with Gasteiger partial charge in [0.15, 0.2) is 0 Å². The van der Waals surface area contributed by atoms with E-state index in [1.165, 1.54) is 12.1 Å². The molecule has 0 atom stereocenters. The summed E-state index contributed by atoms with van der Waals surface area (Å²) in [6.07, 6.45) is 4.83. The number of hydrogen-bond donors (Lipinski definition) is 3. The molecule has 0 radical (unpaired) electrons. The summed E-state index contributed by atoms with van der Waals surface area (Å²) >= 11 is 0. The summed E-state index contributed by atoms with van der Waals surface area (Å²) in [5, 5.41) is 10.9. The molecule has 6 rings (SSSR count). The Morgan fingerprint density at radius 1 is 0.737 bits per heavy atom. The molecule has 0 saturated carbocycles. The molecule has 1 saturated heterocycles. The van der Waals surface area contributed by atoms with Crippen LogP contribution >= 0.6 is 0 Å². The van der Waals surface area contributed by atoms with Crippen LogP contribution in [0.3, 0.4) is 0 Å². The second kappa shape index (κ2) is 10.2. The molecule has 3 N–H and O–H groups in total. The van der Waals surface area contributed by atoms with Gasteiger partial charge in [0.1, 0.15) is 0 Å². The molecule has 0 aliphatic carbocycles. The first-order chi connectivity index (χ1) is 18.6. The molecule has 1 fully saturated rings. The van der Waals surface area contributed by atoms with E-state index in [0.717, 1.165) is 58.1 Å². The van der Waals surface area contributed by atoms with Gasteiger partial charge in [-0.2, -0.15) is 0 Å². The minimum Gasteiger partial charge on any atom is -0.371 e. The molecule has 0 bridgehead atoms. The number of anilines is 6. The summed E-state index contributed by atoms with van der Waals surface area (Å²) in [7, 11) is 0. The Morgan fingerprint density at radius 3 is 2.18 bits per heavy atom. The Morgan fingerprint density at radius 2 is 1.45 bits per heavy atom. The third kappa shape index (κ3) is 5.13. The highest BCUT2D eigenvalue weighted by molar-refractivity contribution is 6.04. The first-order valence-corrected chi connectivity index (χ1v) is 12.7. The molecule has 188 valence electrons. The molecule has 38 heavy (non-hydrogen) atoms. The van der Waals surface area contributed by atoms with Crippen LogP contribution in [-0.2, 0) is 0 Å². The highest BCUT2D eigenvalue weighted by atomic mass is 16.1. The van der Waals surface area contributed by atoms with Crippen molar-refractivity contribution in [3.63, 3.8) is 0 Å². The van der Waals surface area contributed by atoms with Gasteiger partial charge in [0.25, 0.3) is 5.91 Å². The van der Waals surface area contributed by atoms with Crippen molar-refractivity contribution in [1.29, 1.82) is 0 Å². The Bertz CT molecular complexity index is 1590. The smallest absolute Gasteiger partial charge is 0.255 e. The molecular formula is C31H28N6O. The lowest BCUT2D eigenvalue weighted by Gasteiger charge is -2.33. The van der Waals surface area contributed by atoms with Gasteiger partial charge in [-0.15, -0.1) is 0 Å². The number of nitrogens with one attached hydrogen (secondary N) is 3. The SMILES string of the molecule is Cc1cc(Nc2ccc(NC(=O)c3ccc(Nc4ccnc5ccc(N6CCC6)cc45)cc3)cc2)ccn1. The van der Waals surface area contributed by atoms with Gasteiger partial charge >= 0.3 is 0 Å². The van der Waals surface area contributed by atoms with Crippen molar-refractivity contribution >= 4 is 50.9 Å². The van der Waals surface area contributed by atoms with E-state index in [9.17, 15) is 4.79 Å². The van der Waals surface area contributed by atoms with Crippen LogP contribution in [0.5, 0.6) is 0 Å². The third-order valence-electron chi connectivity index (χ3n) is 6.70. The number of amides is 1. The molecule has 3 heterocycles. The number of rotatable bonds is 7. The van der Waals surface area contributed by atoms with Crippen LogP contribution in [0.2, 0.25) is 0 Å². The van der Waals surface area contributed by atoms with E-state index in [4.69, 9.17) is 0 Å². The van der Waals surface area contributed by atoms with E-state index in [-0.39, 0.29) is 5.91 Å². The predicted octanol–water partition coefficient (Wildman–Crippen LogP) is 6.89.